The summed E-state index contributed by atoms with van der Waals surface area (Å²) >= 11 is 0. The highest BCUT2D eigenvalue weighted by Crippen LogP contribution is 2.39. The first-order valence-corrected chi connectivity index (χ1v) is 10.2. The van der Waals surface area contributed by atoms with Crippen molar-refractivity contribution < 1.29 is 39.1 Å². The first kappa shape index (κ1) is 27.0. The average Bonchev–Trinajstić information content (AvgIpc) is 2.67. The van der Waals surface area contributed by atoms with Crippen molar-refractivity contribution in [2.75, 3.05) is 27.9 Å². The highest BCUT2D eigenvalue weighted by Gasteiger charge is 2.47. The number of carbonyl (C=O) groups excluding carboxylic acids is 1. The quantitative estimate of drug-likeness (QED) is 0.257. The lowest BCUT2D eigenvalue weighted by Crippen LogP contribution is -2.59. The molecule has 4 N–H and O–H groups in total. The van der Waals surface area contributed by atoms with Gasteiger partial charge in [0.15, 0.2) is 12.3 Å². The van der Waals surface area contributed by atoms with Crippen LogP contribution in [-0.2, 0) is 23.7 Å². The molecule has 0 aromatic carbocycles. The van der Waals surface area contributed by atoms with E-state index in [1.807, 2.05) is 13.8 Å². The van der Waals surface area contributed by atoms with E-state index in [0.717, 1.165) is 5.57 Å². The molecule has 176 valence electrons. The average molecular weight is 434 g/mol. The summed E-state index contributed by atoms with van der Waals surface area (Å²) in [6.45, 7) is 9.44. The summed E-state index contributed by atoms with van der Waals surface area (Å²) in [4.78, 5) is 12.6. The van der Waals surface area contributed by atoms with Gasteiger partial charge in [-0.3, -0.25) is 4.79 Å². The molecule has 9 heteroatoms. The Morgan fingerprint density at radius 3 is 2.40 bits per heavy atom. The first-order valence-electron chi connectivity index (χ1n) is 10.2. The van der Waals surface area contributed by atoms with Crippen LogP contribution in [0.2, 0.25) is 0 Å². The lowest BCUT2D eigenvalue weighted by atomic mass is 9.74. The maximum Gasteiger partial charge on any atom is 0.253 e. The fourth-order valence-electron chi connectivity index (χ4n) is 3.61. The second kappa shape index (κ2) is 12.1. The van der Waals surface area contributed by atoms with Gasteiger partial charge < -0.3 is 39.6 Å². The van der Waals surface area contributed by atoms with E-state index in [4.69, 9.17) is 18.9 Å². The van der Waals surface area contributed by atoms with Gasteiger partial charge in [-0.05, 0) is 13.3 Å². The number of amides is 1. The molecule has 1 fully saturated rings. The predicted molar refractivity (Wildman–Crippen MR) is 111 cm³/mol. The van der Waals surface area contributed by atoms with Gasteiger partial charge in [-0.25, -0.2) is 0 Å². The van der Waals surface area contributed by atoms with Gasteiger partial charge >= 0.3 is 0 Å². The Bertz CT molecular complexity index is 555. The molecule has 1 aliphatic heterocycles. The molecule has 0 radical (unpaired) electrons. The summed E-state index contributed by atoms with van der Waals surface area (Å²) in [5.41, 5.74) is 0.158. The monoisotopic (exact) mass is 433 g/mol. The molecular weight excluding hydrogens is 394 g/mol. The minimum atomic E-state index is -1.42. The van der Waals surface area contributed by atoms with Crippen LogP contribution < -0.4 is 5.32 Å². The highest BCUT2D eigenvalue weighted by molar-refractivity contribution is 5.81. The van der Waals surface area contributed by atoms with E-state index in [0.29, 0.717) is 6.42 Å². The fraction of sp³-hybridized carbons (Fsp3) is 0.857. The molecule has 7 atom stereocenters. The van der Waals surface area contributed by atoms with Crippen molar-refractivity contribution in [3.63, 3.8) is 0 Å². The Balaban J connectivity index is 2.87. The molecule has 0 aromatic heterocycles. The summed E-state index contributed by atoms with van der Waals surface area (Å²) in [6.07, 6.45) is -4.93. The van der Waals surface area contributed by atoms with Gasteiger partial charge in [-0.15, -0.1) is 6.58 Å². The second-order valence-corrected chi connectivity index (χ2v) is 8.63. The number of rotatable bonds is 12. The maximum absolute atomic E-state index is 12.6. The van der Waals surface area contributed by atoms with Gasteiger partial charge in [-0.2, -0.15) is 0 Å². The van der Waals surface area contributed by atoms with Crippen molar-refractivity contribution in [3.05, 3.63) is 12.2 Å². The number of nitrogens with one attached hydrogen (secondary N) is 1. The van der Waals surface area contributed by atoms with Crippen LogP contribution in [0.5, 0.6) is 0 Å². The maximum atomic E-state index is 12.6. The molecule has 0 aliphatic carbocycles. The first-order chi connectivity index (χ1) is 14.0. The molecule has 1 rings (SSSR count). The largest absolute Gasteiger partial charge is 0.392 e. The third-order valence-corrected chi connectivity index (χ3v) is 5.68. The number of aliphatic hydroxyl groups excluding tert-OH is 3. The smallest absolute Gasteiger partial charge is 0.253 e. The standard InChI is InChI=1S/C21H39NO8/c1-12(2)8-14(28-6)18(25)19(26)22-20(29-7)15-10-16(24)21(3,4)17(30-15)9-13(23)11-27-5/h13-18,20,23-25H,1,8-11H2,2-7H3,(H,22,26)/t13-,14-,15-,16+,17+,18-,20-/m0/s1. The van der Waals surface area contributed by atoms with Crippen LogP contribution in [0.1, 0.15) is 40.0 Å². The number of aliphatic hydroxyl groups is 3. The van der Waals surface area contributed by atoms with Gasteiger partial charge in [0.2, 0.25) is 0 Å². The minimum absolute atomic E-state index is 0.147. The zero-order valence-electron chi connectivity index (χ0n) is 19.0. The van der Waals surface area contributed by atoms with E-state index in [2.05, 4.69) is 11.9 Å². The van der Waals surface area contributed by atoms with Crippen LogP contribution >= 0.6 is 0 Å². The molecule has 9 nitrogen and oxygen atoms in total. The Morgan fingerprint density at radius 2 is 1.90 bits per heavy atom. The van der Waals surface area contributed by atoms with E-state index in [9.17, 15) is 20.1 Å². The van der Waals surface area contributed by atoms with E-state index >= 15 is 0 Å². The van der Waals surface area contributed by atoms with Crippen molar-refractivity contribution in [1.82, 2.24) is 5.32 Å². The number of methoxy groups -OCH3 is 3. The van der Waals surface area contributed by atoms with Crippen molar-refractivity contribution >= 4 is 5.91 Å². The second-order valence-electron chi connectivity index (χ2n) is 8.63. The molecule has 0 saturated carbocycles. The molecule has 1 amide bonds. The molecule has 0 unspecified atom stereocenters. The van der Waals surface area contributed by atoms with E-state index in [1.165, 1.54) is 21.3 Å². The minimum Gasteiger partial charge on any atom is -0.392 e. The third-order valence-electron chi connectivity index (χ3n) is 5.68. The molecular formula is C21H39NO8. The molecule has 0 spiro atoms. The lowest BCUT2D eigenvalue weighted by molar-refractivity contribution is -0.215. The molecule has 30 heavy (non-hydrogen) atoms. The summed E-state index contributed by atoms with van der Waals surface area (Å²) < 4.78 is 21.7. The zero-order chi connectivity index (χ0) is 23.1. The van der Waals surface area contributed by atoms with Gasteiger partial charge in [-0.1, -0.05) is 19.4 Å². The summed E-state index contributed by atoms with van der Waals surface area (Å²) in [7, 11) is 4.32. The predicted octanol–water partition coefficient (Wildman–Crippen LogP) is 0.359. The zero-order valence-corrected chi connectivity index (χ0v) is 19.0. The molecule has 1 aliphatic rings. The Labute approximate surface area is 179 Å². The Kier molecular flexibility index (Phi) is 10.9. The van der Waals surface area contributed by atoms with Gasteiger partial charge in [0.1, 0.15) is 6.10 Å². The molecule has 0 aromatic rings. The van der Waals surface area contributed by atoms with Crippen LogP contribution in [-0.4, -0.2) is 92.0 Å². The third kappa shape index (κ3) is 7.26. The molecule has 1 heterocycles. The highest BCUT2D eigenvalue weighted by atomic mass is 16.6. The Morgan fingerprint density at radius 1 is 1.27 bits per heavy atom. The Hall–Kier alpha value is -1.07. The van der Waals surface area contributed by atoms with Crippen LogP contribution in [0.4, 0.5) is 0 Å². The van der Waals surface area contributed by atoms with Gasteiger partial charge in [0.25, 0.3) is 5.91 Å². The van der Waals surface area contributed by atoms with Crippen LogP contribution in [0.25, 0.3) is 0 Å². The SMILES string of the molecule is C=C(C)C[C@H](OC)[C@H](O)C(=O)N[C@@H](OC)[C@@H]1C[C@@H](O)C(C)(C)[C@@H](C[C@H](O)COC)O1. The topological polar surface area (TPSA) is 127 Å². The van der Waals surface area contributed by atoms with Gasteiger partial charge in [0, 0.05) is 39.6 Å². The number of ether oxygens (including phenoxy) is 4. The van der Waals surface area contributed by atoms with Crippen LogP contribution in [0.3, 0.4) is 0 Å². The number of carbonyl (C=O) groups is 1. The van der Waals surface area contributed by atoms with Crippen molar-refractivity contribution in [1.29, 1.82) is 0 Å². The van der Waals surface area contributed by atoms with E-state index < -0.39 is 54.2 Å². The van der Waals surface area contributed by atoms with E-state index in [1.54, 1.807) is 6.92 Å². The molecule has 0 bridgehead atoms. The van der Waals surface area contributed by atoms with Crippen LogP contribution in [0, 0.1) is 5.41 Å². The number of hydrogen-bond acceptors (Lipinski definition) is 8. The van der Waals surface area contributed by atoms with Gasteiger partial charge in [0.05, 0.1) is 31.0 Å². The van der Waals surface area contributed by atoms with Crippen molar-refractivity contribution in [3.8, 4) is 0 Å². The lowest BCUT2D eigenvalue weighted by Gasteiger charge is -2.47. The summed E-state index contributed by atoms with van der Waals surface area (Å²) in [6, 6.07) is 0. The van der Waals surface area contributed by atoms with Crippen molar-refractivity contribution in [2.45, 2.75) is 82.9 Å². The summed E-state index contributed by atoms with van der Waals surface area (Å²) in [5.74, 6) is -0.672. The normalized spacial score (nSPS) is 27.7. The summed E-state index contributed by atoms with van der Waals surface area (Å²) in [5, 5.41) is 33.8. The van der Waals surface area contributed by atoms with Crippen LogP contribution in [0.15, 0.2) is 12.2 Å². The van der Waals surface area contributed by atoms with E-state index in [-0.39, 0.29) is 19.4 Å². The molecule has 1 saturated heterocycles. The number of hydrogen-bond donors (Lipinski definition) is 4. The fourth-order valence-corrected chi connectivity index (χ4v) is 3.61. The van der Waals surface area contributed by atoms with Crippen molar-refractivity contribution in [2.24, 2.45) is 5.41 Å².